The molecular weight excluding hydrogens is 244 g/mol. The molecule has 4 heteroatoms. The lowest BCUT2D eigenvalue weighted by molar-refractivity contribution is 0.435. The molecule has 3 rings (SSSR count). The van der Waals surface area contributed by atoms with Crippen molar-refractivity contribution in [2.24, 2.45) is 0 Å². The van der Waals surface area contributed by atoms with Crippen LogP contribution in [0.5, 0.6) is 17.2 Å². The van der Waals surface area contributed by atoms with E-state index in [1.165, 1.54) is 12.1 Å². The Morgan fingerprint density at radius 2 is 1.79 bits per heavy atom. The van der Waals surface area contributed by atoms with Gasteiger partial charge in [0.05, 0.1) is 0 Å². The summed E-state index contributed by atoms with van der Waals surface area (Å²) in [7, 11) is 0. The van der Waals surface area contributed by atoms with Gasteiger partial charge in [0.2, 0.25) is 5.75 Å². The summed E-state index contributed by atoms with van der Waals surface area (Å²) in [5.74, 6) is 0.727. The fourth-order valence-electron chi connectivity index (χ4n) is 1.77. The number of rotatable bonds is 2. The molecule has 0 saturated carbocycles. The van der Waals surface area contributed by atoms with Crippen LogP contribution in [0, 0.1) is 0 Å². The largest absolute Gasteiger partial charge is 0.508 e. The predicted octanol–water partition coefficient (Wildman–Crippen LogP) is 3.29. The molecule has 0 amide bonds. The van der Waals surface area contributed by atoms with Crippen LogP contribution in [0.3, 0.4) is 0 Å². The zero-order chi connectivity index (χ0) is 13.2. The number of phenols is 1. The van der Waals surface area contributed by atoms with E-state index in [0.29, 0.717) is 16.7 Å². The highest BCUT2D eigenvalue weighted by molar-refractivity contribution is 5.79. The van der Waals surface area contributed by atoms with E-state index in [4.69, 9.17) is 9.15 Å². The lowest BCUT2D eigenvalue weighted by Gasteiger charge is -2.05. The van der Waals surface area contributed by atoms with Crippen LogP contribution in [-0.4, -0.2) is 5.11 Å². The van der Waals surface area contributed by atoms with Crippen LogP contribution in [0.4, 0.5) is 0 Å². The summed E-state index contributed by atoms with van der Waals surface area (Å²) in [4.78, 5) is 11.8. The van der Waals surface area contributed by atoms with Gasteiger partial charge in [-0.1, -0.05) is 18.2 Å². The molecular formula is C15H10O4. The molecule has 0 radical (unpaired) electrons. The zero-order valence-electron chi connectivity index (χ0n) is 9.87. The molecule has 0 atom stereocenters. The van der Waals surface area contributed by atoms with Crippen molar-refractivity contribution >= 4 is 11.0 Å². The van der Waals surface area contributed by atoms with Gasteiger partial charge in [-0.2, -0.15) is 0 Å². The van der Waals surface area contributed by atoms with Crippen molar-refractivity contribution < 1.29 is 14.3 Å². The van der Waals surface area contributed by atoms with Crippen LogP contribution in [0.15, 0.2) is 63.8 Å². The van der Waals surface area contributed by atoms with Gasteiger partial charge in [-0.3, -0.25) is 0 Å². The maximum atomic E-state index is 11.8. The number of benzene rings is 2. The molecule has 0 aliphatic rings. The minimum absolute atomic E-state index is 0.0485. The first-order valence-electron chi connectivity index (χ1n) is 5.72. The summed E-state index contributed by atoms with van der Waals surface area (Å²) in [5, 5.41) is 10.0. The van der Waals surface area contributed by atoms with Crippen LogP contribution in [0.2, 0.25) is 0 Å². The molecule has 0 spiro atoms. The highest BCUT2D eigenvalue weighted by atomic mass is 16.5. The van der Waals surface area contributed by atoms with Gasteiger partial charge in [-0.05, 0) is 30.3 Å². The average molecular weight is 254 g/mol. The molecule has 0 saturated heterocycles. The van der Waals surface area contributed by atoms with Gasteiger partial charge in [-0.15, -0.1) is 0 Å². The molecule has 19 heavy (non-hydrogen) atoms. The third kappa shape index (κ3) is 2.28. The number of para-hydroxylation sites is 1. The average Bonchev–Trinajstić information content (AvgIpc) is 2.41. The summed E-state index contributed by atoms with van der Waals surface area (Å²) in [5.41, 5.74) is -0.257. The maximum absolute atomic E-state index is 11.8. The van der Waals surface area contributed by atoms with E-state index in [-0.39, 0.29) is 11.5 Å². The number of hydrogen-bond acceptors (Lipinski definition) is 4. The molecule has 1 aromatic heterocycles. The number of hydrogen-bond donors (Lipinski definition) is 1. The Labute approximate surface area is 108 Å². The predicted molar refractivity (Wildman–Crippen MR) is 70.7 cm³/mol. The van der Waals surface area contributed by atoms with Gasteiger partial charge in [0.1, 0.15) is 17.1 Å². The number of phenolic OH excluding ortho intramolecular Hbond substituents is 1. The summed E-state index contributed by atoms with van der Waals surface area (Å²) in [6, 6.07) is 15.2. The van der Waals surface area contributed by atoms with Gasteiger partial charge >= 0.3 is 5.63 Å². The molecule has 0 fully saturated rings. The quantitative estimate of drug-likeness (QED) is 0.713. The van der Waals surface area contributed by atoms with E-state index in [1.807, 2.05) is 18.2 Å². The van der Waals surface area contributed by atoms with Gasteiger partial charge < -0.3 is 14.3 Å². The topological polar surface area (TPSA) is 59.7 Å². The minimum atomic E-state index is -0.582. The normalized spacial score (nSPS) is 10.5. The second-order valence-electron chi connectivity index (χ2n) is 4.04. The van der Waals surface area contributed by atoms with Crippen molar-refractivity contribution in [3.63, 3.8) is 0 Å². The molecule has 2 aromatic carbocycles. The van der Waals surface area contributed by atoms with Gasteiger partial charge in [-0.25, -0.2) is 4.79 Å². The van der Waals surface area contributed by atoms with Crippen molar-refractivity contribution in [2.75, 3.05) is 0 Å². The Kier molecular flexibility index (Phi) is 2.68. The summed E-state index contributed by atoms with van der Waals surface area (Å²) in [6.07, 6.45) is 0. The van der Waals surface area contributed by atoms with Crippen molar-refractivity contribution in [3.8, 4) is 17.2 Å². The highest BCUT2D eigenvalue weighted by Crippen LogP contribution is 2.24. The first-order chi connectivity index (χ1) is 9.22. The lowest BCUT2D eigenvalue weighted by Crippen LogP contribution is -2.02. The summed E-state index contributed by atoms with van der Waals surface area (Å²) < 4.78 is 10.6. The van der Waals surface area contributed by atoms with E-state index < -0.39 is 5.63 Å². The van der Waals surface area contributed by atoms with Gasteiger partial charge in [0, 0.05) is 11.5 Å². The SMILES string of the molecule is O=c1oc2cc(O)ccc2cc1Oc1ccccc1. The Balaban J connectivity index is 2.07. The molecule has 1 N–H and O–H groups in total. The standard InChI is InChI=1S/C15H10O4/c16-11-7-6-10-8-14(15(17)19-13(10)9-11)18-12-4-2-1-3-5-12/h1-9,16H. The van der Waals surface area contributed by atoms with Crippen molar-refractivity contribution in [3.05, 3.63) is 65.0 Å². The molecule has 0 aliphatic heterocycles. The van der Waals surface area contributed by atoms with Gasteiger partial charge in [0.25, 0.3) is 0 Å². The summed E-state index contributed by atoms with van der Waals surface area (Å²) >= 11 is 0. The molecule has 1 heterocycles. The van der Waals surface area contributed by atoms with Crippen LogP contribution >= 0.6 is 0 Å². The lowest BCUT2D eigenvalue weighted by atomic mass is 10.2. The first-order valence-corrected chi connectivity index (χ1v) is 5.72. The molecule has 0 bridgehead atoms. The van der Waals surface area contributed by atoms with Crippen molar-refractivity contribution in [1.29, 1.82) is 0 Å². The number of aromatic hydroxyl groups is 1. The number of ether oxygens (including phenoxy) is 1. The second-order valence-corrected chi connectivity index (χ2v) is 4.04. The molecule has 94 valence electrons. The minimum Gasteiger partial charge on any atom is -0.508 e. The third-order valence-corrected chi connectivity index (χ3v) is 2.66. The Hall–Kier alpha value is -2.75. The Bertz CT molecular complexity index is 775. The molecule has 0 unspecified atom stereocenters. The third-order valence-electron chi connectivity index (χ3n) is 2.66. The fraction of sp³-hybridized carbons (Fsp3) is 0. The van der Waals surface area contributed by atoms with Crippen LogP contribution in [-0.2, 0) is 0 Å². The van der Waals surface area contributed by atoms with Crippen molar-refractivity contribution in [2.45, 2.75) is 0 Å². The van der Waals surface area contributed by atoms with E-state index in [0.717, 1.165) is 0 Å². The van der Waals surface area contributed by atoms with E-state index in [1.54, 1.807) is 24.3 Å². The van der Waals surface area contributed by atoms with E-state index in [9.17, 15) is 9.90 Å². The van der Waals surface area contributed by atoms with E-state index >= 15 is 0 Å². The monoisotopic (exact) mass is 254 g/mol. The highest BCUT2D eigenvalue weighted by Gasteiger charge is 2.08. The van der Waals surface area contributed by atoms with Crippen LogP contribution < -0.4 is 10.4 Å². The Morgan fingerprint density at radius 3 is 2.58 bits per heavy atom. The van der Waals surface area contributed by atoms with Crippen molar-refractivity contribution in [1.82, 2.24) is 0 Å². The zero-order valence-corrected chi connectivity index (χ0v) is 9.87. The van der Waals surface area contributed by atoms with Crippen LogP contribution in [0.25, 0.3) is 11.0 Å². The molecule has 0 aliphatic carbocycles. The van der Waals surface area contributed by atoms with Crippen LogP contribution in [0.1, 0.15) is 0 Å². The van der Waals surface area contributed by atoms with E-state index in [2.05, 4.69) is 0 Å². The summed E-state index contributed by atoms with van der Waals surface area (Å²) in [6.45, 7) is 0. The fourth-order valence-corrected chi connectivity index (χ4v) is 1.77. The Morgan fingerprint density at radius 1 is 1.00 bits per heavy atom. The maximum Gasteiger partial charge on any atom is 0.379 e. The van der Waals surface area contributed by atoms with Gasteiger partial charge in [0.15, 0.2) is 0 Å². The number of fused-ring (bicyclic) bond motifs is 1. The molecule has 4 nitrogen and oxygen atoms in total. The smallest absolute Gasteiger partial charge is 0.379 e. The second kappa shape index (κ2) is 4.49. The molecule has 3 aromatic rings. The first kappa shape index (κ1) is 11.3.